The molecule has 4 aromatic rings. The Morgan fingerprint density at radius 2 is 1.58 bits per heavy atom. The third-order valence-electron chi connectivity index (χ3n) is 13.2. The van der Waals surface area contributed by atoms with Crippen LogP contribution in [0.25, 0.3) is 10.9 Å². The molecular formula is C44H55FN12O5. The van der Waals surface area contributed by atoms with Gasteiger partial charge in [-0.15, -0.1) is 0 Å². The van der Waals surface area contributed by atoms with Crippen molar-refractivity contribution in [2.24, 2.45) is 5.92 Å². The van der Waals surface area contributed by atoms with Crippen LogP contribution in [0.3, 0.4) is 0 Å². The summed E-state index contributed by atoms with van der Waals surface area (Å²) < 4.78 is 23.5. The van der Waals surface area contributed by atoms with Gasteiger partial charge in [-0.25, -0.2) is 14.4 Å². The molecule has 4 amide bonds. The normalized spacial score (nSPS) is 23.2. The van der Waals surface area contributed by atoms with Crippen LogP contribution in [-0.2, 0) is 14.3 Å². The van der Waals surface area contributed by atoms with Crippen molar-refractivity contribution in [1.29, 1.82) is 0 Å². The molecule has 0 saturated carbocycles. The van der Waals surface area contributed by atoms with Gasteiger partial charge in [0.25, 0.3) is 11.8 Å². The van der Waals surface area contributed by atoms with Gasteiger partial charge in [0.1, 0.15) is 23.5 Å². The van der Waals surface area contributed by atoms with Gasteiger partial charge in [-0.3, -0.25) is 39.0 Å². The number of hydrogen-bond acceptors (Lipinski definition) is 14. The molecule has 0 aliphatic carbocycles. The van der Waals surface area contributed by atoms with Crippen molar-refractivity contribution in [3.63, 3.8) is 0 Å². The SMILES string of the molecule is COC1CCN(c2nccc(Nc3cc4c(cn3)c(N3CCC(CN5CC(C)N(c6cc7c(cc6F)C(=O)N(C6CCC(=O)NC6=O)C7=O)C(C)C5)CC3)nn4C(C)C)n2)CC1. The van der Waals surface area contributed by atoms with E-state index in [1.165, 1.54) is 6.07 Å². The number of halogens is 1. The van der Waals surface area contributed by atoms with Crippen LogP contribution >= 0.6 is 0 Å². The highest BCUT2D eigenvalue weighted by atomic mass is 19.1. The van der Waals surface area contributed by atoms with Gasteiger partial charge in [-0.05, 0) is 83.9 Å². The number of pyridine rings is 1. The van der Waals surface area contributed by atoms with Gasteiger partial charge in [0.2, 0.25) is 17.8 Å². The van der Waals surface area contributed by atoms with Crippen molar-refractivity contribution >= 4 is 63.6 Å². The summed E-state index contributed by atoms with van der Waals surface area (Å²) in [5.41, 5.74) is 1.30. The number of rotatable bonds is 10. The minimum absolute atomic E-state index is 0.0174. The fraction of sp³-hybridized carbons (Fsp3) is 0.545. The number of ether oxygens (including phenoxy) is 1. The van der Waals surface area contributed by atoms with Crippen LogP contribution in [0.5, 0.6) is 0 Å². The fourth-order valence-electron chi connectivity index (χ4n) is 10.1. The number of methoxy groups -OCH3 is 1. The molecule has 62 heavy (non-hydrogen) atoms. The topological polar surface area (TPSA) is 174 Å². The van der Waals surface area contributed by atoms with E-state index >= 15 is 4.39 Å². The maximum absolute atomic E-state index is 15.9. The van der Waals surface area contributed by atoms with E-state index in [4.69, 9.17) is 19.8 Å². The van der Waals surface area contributed by atoms with Gasteiger partial charge in [0.15, 0.2) is 5.82 Å². The van der Waals surface area contributed by atoms with E-state index in [2.05, 4.69) is 68.8 Å². The molecule has 1 aromatic carbocycles. The molecule has 0 radical (unpaired) electrons. The Hall–Kier alpha value is -5.75. The van der Waals surface area contributed by atoms with Crippen molar-refractivity contribution in [3.05, 3.63) is 53.6 Å². The Morgan fingerprint density at radius 3 is 2.26 bits per heavy atom. The van der Waals surface area contributed by atoms with Gasteiger partial charge >= 0.3 is 0 Å². The quantitative estimate of drug-likeness (QED) is 0.213. The van der Waals surface area contributed by atoms with Crippen molar-refractivity contribution in [2.45, 2.75) is 96.5 Å². The van der Waals surface area contributed by atoms with Crippen molar-refractivity contribution in [2.75, 3.05) is 72.9 Å². The second-order valence-electron chi connectivity index (χ2n) is 17.8. The minimum atomic E-state index is -1.11. The molecule has 4 fully saturated rings. The molecule has 5 aliphatic heterocycles. The van der Waals surface area contributed by atoms with Crippen LogP contribution in [0.2, 0.25) is 0 Å². The fourth-order valence-corrected chi connectivity index (χ4v) is 10.1. The molecule has 2 N–H and O–H groups in total. The summed E-state index contributed by atoms with van der Waals surface area (Å²) in [4.78, 5) is 75.1. The van der Waals surface area contributed by atoms with Crippen LogP contribution in [0, 0.1) is 11.7 Å². The number of imide groups is 2. The summed E-state index contributed by atoms with van der Waals surface area (Å²) in [5.74, 6) is 0.408. The number of amides is 4. The van der Waals surface area contributed by atoms with E-state index in [0.29, 0.717) is 36.6 Å². The zero-order valence-corrected chi connectivity index (χ0v) is 36.0. The lowest BCUT2D eigenvalue weighted by Gasteiger charge is -2.47. The Bertz CT molecular complexity index is 2380. The standard InChI is InChI=1S/C44H55FN12O5/c1-25(2)57-35-20-38(48-37-8-13-46-44(49-37)54-16-11-29(62-5)12-17-54)47-21-32(35)40(51-57)53-14-9-28(10-15-53)24-52-22-26(3)55(27(4)23-52)36-19-31-30(18-33(36)45)42(60)56(43(31)61)34-6-7-39(58)50-41(34)59/h8,13,18-21,25-29,34H,6-7,9-12,14-17,22-24H2,1-5H3,(H,50,58,59)(H,46,47,48,49). The summed E-state index contributed by atoms with van der Waals surface area (Å²) in [6.07, 6.45) is 7.93. The lowest BCUT2D eigenvalue weighted by atomic mass is 9.94. The van der Waals surface area contributed by atoms with Gasteiger partial charge in [0.05, 0.1) is 33.8 Å². The van der Waals surface area contributed by atoms with Crippen molar-refractivity contribution in [3.8, 4) is 0 Å². The Kier molecular flexibility index (Phi) is 11.3. The maximum atomic E-state index is 15.9. The second kappa shape index (κ2) is 16.8. The molecule has 5 aliphatic rings. The molecule has 0 bridgehead atoms. The number of hydrogen-bond donors (Lipinski definition) is 2. The first kappa shape index (κ1) is 41.6. The highest BCUT2D eigenvalue weighted by Gasteiger charge is 2.46. The average molecular weight is 851 g/mol. The molecule has 0 spiro atoms. The predicted octanol–water partition coefficient (Wildman–Crippen LogP) is 4.52. The van der Waals surface area contributed by atoms with E-state index in [1.54, 1.807) is 13.3 Å². The monoisotopic (exact) mass is 850 g/mol. The largest absolute Gasteiger partial charge is 0.381 e. The molecule has 9 rings (SSSR count). The number of piperidine rings is 3. The molecule has 328 valence electrons. The molecular weight excluding hydrogens is 796 g/mol. The summed E-state index contributed by atoms with van der Waals surface area (Å²) in [6.45, 7) is 14.2. The maximum Gasteiger partial charge on any atom is 0.262 e. The van der Waals surface area contributed by atoms with E-state index < -0.39 is 35.5 Å². The molecule has 4 saturated heterocycles. The third-order valence-corrected chi connectivity index (χ3v) is 13.2. The van der Waals surface area contributed by atoms with E-state index in [9.17, 15) is 19.2 Å². The number of nitrogens with zero attached hydrogens (tertiary/aromatic N) is 10. The van der Waals surface area contributed by atoms with Crippen LogP contribution in [0.15, 0.2) is 36.7 Å². The molecule has 3 unspecified atom stereocenters. The van der Waals surface area contributed by atoms with Gasteiger partial charge in [0, 0.05) is 95.9 Å². The highest BCUT2D eigenvalue weighted by Crippen LogP contribution is 2.37. The summed E-state index contributed by atoms with van der Waals surface area (Å²) in [6, 6.07) is 5.39. The number of anilines is 5. The second-order valence-corrected chi connectivity index (χ2v) is 17.8. The Morgan fingerprint density at radius 1 is 0.887 bits per heavy atom. The number of benzene rings is 1. The minimum Gasteiger partial charge on any atom is -0.381 e. The van der Waals surface area contributed by atoms with E-state index in [1.807, 2.05) is 17.2 Å². The van der Waals surface area contributed by atoms with Crippen LogP contribution in [-0.4, -0.2) is 135 Å². The molecule has 3 aromatic heterocycles. The molecule has 18 heteroatoms. The predicted molar refractivity (Wildman–Crippen MR) is 231 cm³/mol. The van der Waals surface area contributed by atoms with Crippen molar-refractivity contribution in [1.82, 2.24) is 39.8 Å². The van der Waals surface area contributed by atoms with Crippen LogP contribution in [0.4, 0.5) is 33.5 Å². The number of carbonyl (C=O) groups excluding carboxylic acids is 4. The smallest absolute Gasteiger partial charge is 0.262 e. The first-order valence-corrected chi connectivity index (χ1v) is 21.9. The van der Waals surface area contributed by atoms with Gasteiger partial charge in [-0.2, -0.15) is 10.1 Å². The summed E-state index contributed by atoms with van der Waals surface area (Å²) in [7, 11) is 1.77. The number of aromatic nitrogens is 5. The number of nitrogens with one attached hydrogen (secondary N) is 2. The molecule has 8 heterocycles. The number of carbonyl (C=O) groups is 4. The summed E-state index contributed by atoms with van der Waals surface area (Å²) >= 11 is 0. The first-order valence-electron chi connectivity index (χ1n) is 21.9. The summed E-state index contributed by atoms with van der Waals surface area (Å²) in [5, 5.41) is 11.8. The number of piperazine rings is 1. The Balaban J connectivity index is 0.825. The molecule has 3 atom stereocenters. The zero-order chi connectivity index (χ0) is 43.4. The zero-order valence-electron chi connectivity index (χ0n) is 36.0. The Labute approximate surface area is 360 Å². The van der Waals surface area contributed by atoms with Gasteiger partial charge < -0.3 is 24.8 Å². The number of fused-ring (bicyclic) bond motifs is 2. The molecule has 17 nitrogen and oxygen atoms in total. The average Bonchev–Trinajstić information content (AvgIpc) is 3.74. The van der Waals surface area contributed by atoms with Crippen molar-refractivity contribution < 1.29 is 28.3 Å². The van der Waals surface area contributed by atoms with E-state index in [-0.39, 0.29) is 53.9 Å². The lowest BCUT2D eigenvalue weighted by Crippen LogP contribution is -2.58. The van der Waals surface area contributed by atoms with E-state index in [0.717, 1.165) is 86.1 Å². The van der Waals surface area contributed by atoms with Crippen LogP contribution in [0.1, 0.15) is 93.0 Å². The first-order chi connectivity index (χ1) is 29.9. The highest BCUT2D eigenvalue weighted by molar-refractivity contribution is 6.23. The van der Waals surface area contributed by atoms with Crippen LogP contribution < -0.4 is 25.3 Å². The lowest BCUT2D eigenvalue weighted by molar-refractivity contribution is -0.136. The third kappa shape index (κ3) is 7.82. The van der Waals surface area contributed by atoms with Gasteiger partial charge in [-0.1, -0.05) is 0 Å².